The second-order valence-corrected chi connectivity index (χ2v) is 8.61. The third kappa shape index (κ3) is 5.99. The molecule has 34 heavy (non-hydrogen) atoms. The number of pyridine rings is 1. The maximum atomic E-state index is 12.5. The molecule has 0 aliphatic carbocycles. The van der Waals surface area contributed by atoms with Gasteiger partial charge in [0.05, 0.1) is 6.10 Å². The van der Waals surface area contributed by atoms with E-state index >= 15 is 0 Å². The topological polar surface area (TPSA) is 74.8 Å². The van der Waals surface area contributed by atoms with E-state index in [1.165, 1.54) is 5.56 Å². The molecule has 1 aliphatic rings. The molecule has 1 aliphatic heterocycles. The van der Waals surface area contributed by atoms with Crippen LogP contribution in [0.4, 0.5) is 11.5 Å². The fourth-order valence-electron chi connectivity index (χ4n) is 3.95. The molecule has 2 heterocycles. The first-order chi connectivity index (χ1) is 16.5. The number of rotatable bonds is 7. The smallest absolute Gasteiger partial charge is 0.342 e. The van der Waals surface area contributed by atoms with Gasteiger partial charge in [-0.3, -0.25) is 9.69 Å². The molecule has 3 aromatic rings. The highest BCUT2D eigenvalue weighted by atomic mass is 16.5. The maximum Gasteiger partial charge on any atom is 0.342 e. The number of hydrogen-bond acceptors (Lipinski definition) is 6. The molecular weight excluding hydrogens is 428 g/mol. The van der Waals surface area contributed by atoms with Crippen molar-refractivity contribution in [2.45, 2.75) is 26.5 Å². The van der Waals surface area contributed by atoms with Crippen LogP contribution in [0.25, 0.3) is 0 Å². The van der Waals surface area contributed by atoms with Crippen molar-refractivity contribution in [3.63, 3.8) is 0 Å². The SMILES string of the molecule is CC(C)OC(=O)c1cccnc1N1CCN(Cc2ccc(NC(=O)c3ccccc3)cc2)CC1. The van der Waals surface area contributed by atoms with Gasteiger partial charge >= 0.3 is 5.97 Å². The van der Waals surface area contributed by atoms with E-state index in [0.29, 0.717) is 16.9 Å². The van der Waals surface area contributed by atoms with Crippen molar-refractivity contribution in [2.75, 3.05) is 36.4 Å². The van der Waals surface area contributed by atoms with Crippen LogP contribution in [0.5, 0.6) is 0 Å². The molecule has 0 bridgehead atoms. The van der Waals surface area contributed by atoms with Gasteiger partial charge in [0.25, 0.3) is 5.91 Å². The number of carbonyl (C=O) groups is 2. The Bertz CT molecular complexity index is 1110. The number of ether oxygens (including phenoxy) is 1. The van der Waals surface area contributed by atoms with E-state index in [1.807, 2.05) is 56.3 Å². The quantitative estimate of drug-likeness (QED) is 0.535. The molecule has 176 valence electrons. The van der Waals surface area contributed by atoms with Crippen molar-refractivity contribution in [1.29, 1.82) is 0 Å². The normalized spacial score (nSPS) is 14.1. The average molecular weight is 459 g/mol. The first-order valence-corrected chi connectivity index (χ1v) is 11.6. The highest BCUT2D eigenvalue weighted by Crippen LogP contribution is 2.21. The van der Waals surface area contributed by atoms with E-state index in [-0.39, 0.29) is 18.0 Å². The molecule has 0 spiro atoms. The van der Waals surface area contributed by atoms with Gasteiger partial charge in [-0.25, -0.2) is 9.78 Å². The standard InChI is InChI=1S/C27H30N4O3/c1-20(2)34-27(33)24-9-6-14-28-25(24)31-17-15-30(16-18-31)19-21-10-12-23(13-11-21)29-26(32)22-7-4-3-5-8-22/h3-14,20H,15-19H2,1-2H3,(H,29,32). The Labute approximate surface area is 200 Å². The lowest BCUT2D eigenvalue weighted by atomic mass is 10.1. The molecule has 2 aromatic carbocycles. The van der Waals surface area contributed by atoms with Gasteiger partial charge in [0.1, 0.15) is 11.4 Å². The number of benzene rings is 2. The van der Waals surface area contributed by atoms with E-state index in [2.05, 4.69) is 20.1 Å². The Morgan fingerprint density at radius 2 is 1.65 bits per heavy atom. The van der Waals surface area contributed by atoms with Crippen LogP contribution in [0.2, 0.25) is 0 Å². The van der Waals surface area contributed by atoms with Gasteiger partial charge in [-0.1, -0.05) is 30.3 Å². The van der Waals surface area contributed by atoms with Gasteiger partial charge in [0.2, 0.25) is 0 Å². The molecule has 1 amide bonds. The number of aromatic nitrogens is 1. The summed E-state index contributed by atoms with van der Waals surface area (Å²) in [5.74, 6) is 0.238. The third-order valence-electron chi connectivity index (χ3n) is 5.68. The van der Waals surface area contributed by atoms with Crippen molar-refractivity contribution >= 4 is 23.4 Å². The molecule has 0 atom stereocenters. The van der Waals surface area contributed by atoms with Crippen molar-refractivity contribution in [1.82, 2.24) is 9.88 Å². The molecule has 1 aromatic heterocycles. The van der Waals surface area contributed by atoms with Gasteiger partial charge in [0.15, 0.2) is 0 Å². The maximum absolute atomic E-state index is 12.5. The van der Waals surface area contributed by atoms with E-state index in [0.717, 1.165) is 38.4 Å². The summed E-state index contributed by atoms with van der Waals surface area (Å²) in [7, 11) is 0. The Balaban J connectivity index is 1.31. The van der Waals surface area contributed by atoms with Crippen LogP contribution in [-0.4, -0.2) is 54.0 Å². The fourth-order valence-corrected chi connectivity index (χ4v) is 3.95. The summed E-state index contributed by atoms with van der Waals surface area (Å²) in [6.07, 6.45) is 1.54. The minimum absolute atomic E-state index is 0.115. The largest absolute Gasteiger partial charge is 0.459 e. The molecule has 0 unspecified atom stereocenters. The Morgan fingerprint density at radius 3 is 2.32 bits per heavy atom. The number of nitrogens with zero attached hydrogens (tertiary/aromatic N) is 3. The summed E-state index contributed by atoms with van der Waals surface area (Å²) in [5, 5.41) is 2.94. The monoisotopic (exact) mass is 458 g/mol. The number of anilines is 2. The fraction of sp³-hybridized carbons (Fsp3) is 0.296. The lowest BCUT2D eigenvalue weighted by molar-refractivity contribution is 0.0378. The highest BCUT2D eigenvalue weighted by Gasteiger charge is 2.23. The summed E-state index contributed by atoms with van der Waals surface area (Å²) < 4.78 is 5.38. The van der Waals surface area contributed by atoms with Crippen LogP contribution in [-0.2, 0) is 11.3 Å². The van der Waals surface area contributed by atoms with Crippen LogP contribution in [0, 0.1) is 0 Å². The zero-order valence-electron chi connectivity index (χ0n) is 19.6. The van der Waals surface area contributed by atoms with Crippen molar-refractivity contribution in [2.24, 2.45) is 0 Å². The van der Waals surface area contributed by atoms with Gasteiger partial charge in [-0.2, -0.15) is 0 Å². The van der Waals surface area contributed by atoms with Crippen LogP contribution in [0.1, 0.15) is 40.1 Å². The first-order valence-electron chi connectivity index (χ1n) is 11.6. The van der Waals surface area contributed by atoms with Crippen LogP contribution >= 0.6 is 0 Å². The highest BCUT2D eigenvalue weighted by molar-refractivity contribution is 6.04. The lowest BCUT2D eigenvalue weighted by Gasteiger charge is -2.36. The van der Waals surface area contributed by atoms with E-state index in [9.17, 15) is 9.59 Å². The lowest BCUT2D eigenvalue weighted by Crippen LogP contribution is -2.46. The summed E-state index contributed by atoms with van der Waals surface area (Å²) in [6.45, 7) is 7.80. The predicted octanol–water partition coefficient (Wildman–Crippen LogP) is 4.22. The van der Waals surface area contributed by atoms with Crippen LogP contribution < -0.4 is 10.2 Å². The van der Waals surface area contributed by atoms with Crippen molar-refractivity contribution in [3.05, 3.63) is 89.6 Å². The molecule has 1 N–H and O–H groups in total. The molecular formula is C27H30N4O3. The summed E-state index contributed by atoms with van der Waals surface area (Å²) in [4.78, 5) is 33.8. The number of hydrogen-bond donors (Lipinski definition) is 1. The van der Waals surface area contributed by atoms with Gasteiger partial charge in [-0.15, -0.1) is 0 Å². The molecule has 0 radical (unpaired) electrons. The zero-order chi connectivity index (χ0) is 23.9. The summed E-state index contributed by atoms with van der Waals surface area (Å²) in [6, 6.07) is 20.7. The molecule has 7 nitrogen and oxygen atoms in total. The minimum atomic E-state index is -0.333. The Morgan fingerprint density at radius 1 is 0.941 bits per heavy atom. The molecule has 7 heteroatoms. The van der Waals surface area contributed by atoms with E-state index in [4.69, 9.17) is 4.74 Å². The number of esters is 1. The molecule has 1 saturated heterocycles. The second kappa shape index (κ2) is 10.9. The number of piperazine rings is 1. The van der Waals surface area contributed by atoms with Gasteiger partial charge in [0, 0.05) is 50.2 Å². The number of amides is 1. The first kappa shape index (κ1) is 23.4. The van der Waals surface area contributed by atoms with Crippen molar-refractivity contribution < 1.29 is 14.3 Å². The second-order valence-electron chi connectivity index (χ2n) is 8.61. The van der Waals surface area contributed by atoms with E-state index in [1.54, 1.807) is 30.5 Å². The zero-order valence-corrected chi connectivity index (χ0v) is 19.6. The molecule has 0 saturated carbocycles. The van der Waals surface area contributed by atoms with Gasteiger partial charge in [-0.05, 0) is 55.8 Å². The van der Waals surface area contributed by atoms with Crippen molar-refractivity contribution in [3.8, 4) is 0 Å². The van der Waals surface area contributed by atoms with Crippen LogP contribution in [0.3, 0.4) is 0 Å². The molecule has 4 rings (SSSR count). The van der Waals surface area contributed by atoms with E-state index < -0.39 is 0 Å². The van der Waals surface area contributed by atoms with Gasteiger partial charge < -0.3 is 15.0 Å². The predicted molar refractivity (Wildman–Crippen MR) is 133 cm³/mol. The number of nitrogens with one attached hydrogen (secondary N) is 1. The minimum Gasteiger partial charge on any atom is -0.459 e. The third-order valence-corrected chi connectivity index (χ3v) is 5.68. The summed E-state index contributed by atoms with van der Waals surface area (Å²) in [5.41, 5.74) is 3.11. The number of carbonyl (C=O) groups excluding carboxylic acids is 2. The molecule has 1 fully saturated rings. The van der Waals surface area contributed by atoms with Crippen LogP contribution in [0.15, 0.2) is 72.9 Å². The Hall–Kier alpha value is -3.71. The summed E-state index contributed by atoms with van der Waals surface area (Å²) >= 11 is 0. The Kier molecular flexibility index (Phi) is 7.54. The average Bonchev–Trinajstić information content (AvgIpc) is 2.86.